The number of rotatable bonds is 4. The zero-order chi connectivity index (χ0) is 13.2. The molecule has 0 unspecified atom stereocenters. The number of nitrogens with two attached hydrogens (primary N) is 1. The van der Waals surface area contributed by atoms with E-state index in [1.165, 1.54) is 11.1 Å². The van der Waals surface area contributed by atoms with Gasteiger partial charge in [0.05, 0.1) is 6.61 Å². The number of aromatic nitrogens is 3. The number of fused-ring (bicyclic) bond motifs is 1. The van der Waals surface area contributed by atoms with E-state index in [0.29, 0.717) is 5.82 Å². The van der Waals surface area contributed by atoms with Crippen molar-refractivity contribution in [1.29, 1.82) is 0 Å². The van der Waals surface area contributed by atoms with Gasteiger partial charge in [-0.15, -0.1) is 5.10 Å². The number of aryl methyl sites for hydroxylation is 2. The van der Waals surface area contributed by atoms with Gasteiger partial charge >= 0.3 is 0 Å². The van der Waals surface area contributed by atoms with Gasteiger partial charge in [0.15, 0.2) is 0 Å². The van der Waals surface area contributed by atoms with E-state index in [2.05, 4.69) is 22.2 Å². The summed E-state index contributed by atoms with van der Waals surface area (Å²) in [4.78, 5) is 4.28. The molecule has 2 aromatic rings. The second-order valence-corrected chi connectivity index (χ2v) is 4.93. The van der Waals surface area contributed by atoms with Crippen LogP contribution in [-0.4, -0.2) is 26.4 Å². The molecular formula is C13H14N4OS. The summed E-state index contributed by atoms with van der Waals surface area (Å²) in [5, 5.41) is 4.21. The van der Waals surface area contributed by atoms with E-state index in [1.807, 2.05) is 6.07 Å². The Balaban J connectivity index is 1.67. The monoisotopic (exact) mass is 274 g/mol. The molecule has 0 bridgehead atoms. The Labute approximate surface area is 116 Å². The Morgan fingerprint density at radius 1 is 1.47 bits per heavy atom. The lowest BCUT2D eigenvalue weighted by Crippen LogP contribution is -2.12. The van der Waals surface area contributed by atoms with Gasteiger partial charge in [0.2, 0.25) is 5.82 Å². The fraction of sp³-hybridized carbons (Fsp3) is 0.308. The van der Waals surface area contributed by atoms with Crippen molar-refractivity contribution in [1.82, 2.24) is 14.8 Å². The maximum atomic E-state index is 5.49. The Morgan fingerprint density at radius 3 is 3.16 bits per heavy atom. The van der Waals surface area contributed by atoms with Gasteiger partial charge in [0.1, 0.15) is 17.1 Å². The molecule has 0 fully saturated rings. The Kier molecular flexibility index (Phi) is 3.16. The summed E-state index contributed by atoms with van der Waals surface area (Å²) in [7, 11) is 0. The second-order valence-electron chi connectivity index (χ2n) is 4.49. The third-order valence-electron chi connectivity index (χ3n) is 3.14. The van der Waals surface area contributed by atoms with Crippen molar-refractivity contribution >= 4 is 17.2 Å². The standard InChI is InChI=1S/C13H14N4OS/c14-12(19)13-15-8-17(16-13)5-3-9-1-2-11-10(7-9)4-6-18-11/h1-2,7-8H,3-6H2,(H2,14,19). The molecule has 1 aliphatic rings. The number of thiocarbonyl (C=S) groups is 1. The fourth-order valence-corrected chi connectivity index (χ4v) is 2.25. The van der Waals surface area contributed by atoms with E-state index >= 15 is 0 Å². The van der Waals surface area contributed by atoms with Gasteiger partial charge in [0, 0.05) is 13.0 Å². The highest BCUT2D eigenvalue weighted by molar-refractivity contribution is 7.80. The molecule has 0 aliphatic carbocycles. The molecule has 1 aliphatic heterocycles. The number of nitrogens with zero attached hydrogens (tertiary/aromatic N) is 3. The molecule has 19 heavy (non-hydrogen) atoms. The number of hydrogen-bond acceptors (Lipinski definition) is 4. The molecule has 1 aromatic carbocycles. The normalized spacial score (nSPS) is 13.1. The third-order valence-corrected chi connectivity index (χ3v) is 3.32. The number of hydrogen-bond donors (Lipinski definition) is 1. The van der Waals surface area contributed by atoms with Crippen LogP contribution in [0.2, 0.25) is 0 Å². The summed E-state index contributed by atoms with van der Waals surface area (Å²) >= 11 is 4.83. The lowest BCUT2D eigenvalue weighted by atomic mass is 10.1. The summed E-state index contributed by atoms with van der Waals surface area (Å²) in [6.45, 7) is 1.55. The minimum Gasteiger partial charge on any atom is -0.493 e. The van der Waals surface area contributed by atoms with E-state index in [9.17, 15) is 0 Å². The smallest absolute Gasteiger partial charge is 0.208 e. The molecule has 1 aromatic heterocycles. The number of ether oxygens (including phenoxy) is 1. The minimum absolute atomic E-state index is 0.230. The zero-order valence-electron chi connectivity index (χ0n) is 10.4. The second kappa shape index (κ2) is 4.97. The van der Waals surface area contributed by atoms with Gasteiger partial charge in [-0.05, 0) is 23.6 Å². The van der Waals surface area contributed by atoms with Crippen LogP contribution >= 0.6 is 12.2 Å². The summed E-state index contributed by atoms with van der Waals surface area (Å²) in [6, 6.07) is 6.34. The van der Waals surface area contributed by atoms with E-state index < -0.39 is 0 Å². The first-order chi connectivity index (χ1) is 9.22. The van der Waals surface area contributed by atoms with Gasteiger partial charge in [-0.25, -0.2) is 4.98 Å². The van der Waals surface area contributed by atoms with Crippen LogP contribution < -0.4 is 10.5 Å². The van der Waals surface area contributed by atoms with E-state index in [0.717, 1.165) is 31.7 Å². The van der Waals surface area contributed by atoms with Gasteiger partial charge in [0.25, 0.3) is 0 Å². The van der Waals surface area contributed by atoms with Crippen LogP contribution in [0.15, 0.2) is 24.5 Å². The van der Waals surface area contributed by atoms with Crippen LogP contribution in [0.25, 0.3) is 0 Å². The maximum absolute atomic E-state index is 5.49. The Bertz CT molecular complexity index is 623. The van der Waals surface area contributed by atoms with Crippen molar-refractivity contribution in [2.75, 3.05) is 6.61 Å². The molecule has 0 atom stereocenters. The van der Waals surface area contributed by atoms with E-state index in [4.69, 9.17) is 22.7 Å². The van der Waals surface area contributed by atoms with Crippen molar-refractivity contribution in [2.45, 2.75) is 19.4 Å². The quantitative estimate of drug-likeness (QED) is 0.845. The van der Waals surface area contributed by atoms with Crippen LogP contribution in [0, 0.1) is 0 Å². The van der Waals surface area contributed by atoms with Crippen LogP contribution in [-0.2, 0) is 19.4 Å². The average Bonchev–Trinajstić information content (AvgIpc) is 3.04. The van der Waals surface area contributed by atoms with E-state index in [1.54, 1.807) is 11.0 Å². The molecule has 0 radical (unpaired) electrons. The first-order valence-electron chi connectivity index (χ1n) is 6.16. The van der Waals surface area contributed by atoms with Crippen LogP contribution in [0.1, 0.15) is 17.0 Å². The predicted octanol–water partition coefficient (Wildman–Crippen LogP) is 1.09. The molecule has 2 heterocycles. The minimum atomic E-state index is 0.230. The molecule has 5 nitrogen and oxygen atoms in total. The molecule has 0 saturated heterocycles. The summed E-state index contributed by atoms with van der Waals surface area (Å²) < 4.78 is 7.25. The van der Waals surface area contributed by atoms with Crippen molar-refractivity contribution in [3.8, 4) is 5.75 Å². The highest BCUT2D eigenvalue weighted by Gasteiger charge is 2.12. The molecule has 0 saturated carbocycles. The van der Waals surface area contributed by atoms with Gasteiger partial charge in [-0.2, -0.15) is 0 Å². The van der Waals surface area contributed by atoms with Crippen molar-refractivity contribution in [2.24, 2.45) is 5.73 Å². The first-order valence-corrected chi connectivity index (χ1v) is 6.57. The third kappa shape index (κ3) is 2.58. The lowest BCUT2D eigenvalue weighted by Gasteiger charge is -2.04. The zero-order valence-corrected chi connectivity index (χ0v) is 11.2. The molecule has 98 valence electrons. The summed E-state index contributed by atoms with van der Waals surface area (Å²) in [6.07, 6.45) is 3.55. The molecule has 3 rings (SSSR count). The largest absolute Gasteiger partial charge is 0.493 e. The van der Waals surface area contributed by atoms with Gasteiger partial charge < -0.3 is 10.5 Å². The van der Waals surface area contributed by atoms with Gasteiger partial charge in [-0.1, -0.05) is 24.4 Å². The average molecular weight is 274 g/mol. The van der Waals surface area contributed by atoms with Crippen LogP contribution in [0.4, 0.5) is 0 Å². The SMILES string of the molecule is NC(=S)c1ncn(CCc2ccc3c(c2)CCO3)n1. The summed E-state index contributed by atoms with van der Waals surface area (Å²) in [5.41, 5.74) is 8.04. The molecule has 0 amide bonds. The van der Waals surface area contributed by atoms with Crippen molar-refractivity contribution in [3.05, 3.63) is 41.5 Å². The topological polar surface area (TPSA) is 66.0 Å². The fourth-order valence-electron chi connectivity index (χ4n) is 2.15. The molecular weight excluding hydrogens is 260 g/mol. The van der Waals surface area contributed by atoms with Crippen molar-refractivity contribution < 1.29 is 4.74 Å². The predicted molar refractivity (Wildman–Crippen MR) is 75.3 cm³/mol. The highest BCUT2D eigenvalue weighted by atomic mass is 32.1. The van der Waals surface area contributed by atoms with Gasteiger partial charge in [-0.3, -0.25) is 4.68 Å². The summed E-state index contributed by atoms with van der Waals surface area (Å²) in [5.74, 6) is 1.44. The maximum Gasteiger partial charge on any atom is 0.208 e. The Morgan fingerprint density at radius 2 is 2.37 bits per heavy atom. The molecule has 2 N–H and O–H groups in total. The van der Waals surface area contributed by atoms with E-state index in [-0.39, 0.29) is 4.99 Å². The Hall–Kier alpha value is -1.95. The number of benzene rings is 1. The van der Waals surface area contributed by atoms with Crippen LogP contribution in [0.5, 0.6) is 5.75 Å². The van der Waals surface area contributed by atoms with Crippen molar-refractivity contribution in [3.63, 3.8) is 0 Å². The molecule has 6 heteroatoms. The van der Waals surface area contributed by atoms with Crippen LogP contribution in [0.3, 0.4) is 0 Å². The highest BCUT2D eigenvalue weighted by Crippen LogP contribution is 2.26. The lowest BCUT2D eigenvalue weighted by molar-refractivity contribution is 0.357. The first kappa shape index (κ1) is 12.1. The molecule has 0 spiro atoms.